The van der Waals surface area contributed by atoms with E-state index in [0.29, 0.717) is 39.4 Å². The van der Waals surface area contributed by atoms with E-state index in [4.69, 9.17) is 32.8 Å². The molecular weight excluding hydrogens is 935 g/mol. The highest BCUT2D eigenvalue weighted by Gasteiger charge is 2.50. The quantitative estimate of drug-likeness (QED) is 0.0267. The number of thiocarbonyl (C=S) groups is 1. The molecule has 2 aromatic heterocycles. The molecule has 0 aliphatic carbocycles. The average Bonchev–Trinajstić information content (AvgIpc) is 4.04. The van der Waals surface area contributed by atoms with E-state index < -0.39 is 22.8 Å². The van der Waals surface area contributed by atoms with Gasteiger partial charge in [0.25, 0.3) is 11.8 Å². The number of nitrogens with one attached hydrogen (secondary N) is 2. The van der Waals surface area contributed by atoms with E-state index in [9.17, 15) is 19.5 Å². The molecule has 346 valence electrons. The summed E-state index contributed by atoms with van der Waals surface area (Å²) in [5.41, 5.74) is 11.0. The summed E-state index contributed by atoms with van der Waals surface area (Å²) in [4.78, 5) is 56.9. The fraction of sp³-hybridized carbons (Fsp3) is 0.260. The maximum Gasteiger partial charge on any atom is 0.353 e. The van der Waals surface area contributed by atoms with Crippen LogP contribution in [-0.4, -0.2) is 121 Å². The lowest BCUT2D eigenvalue weighted by molar-refractivity contribution is -1.08. The fourth-order valence-corrected chi connectivity index (χ4v) is 13.8. The molecule has 4 aromatic carbocycles. The number of aliphatic carboxylic acids is 1. The van der Waals surface area contributed by atoms with E-state index in [1.807, 2.05) is 60.0 Å². The molecule has 0 spiro atoms. The number of nitrogens with zero attached hydrogens (tertiary/aromatic N) is 6. The average molecular weight is 984 g/mol. The van der Waals surface area contributed by atoms with E-state index in [2.05, 4.69) is 76.5 Å². The van der Waals surface area contributed by atoms with Crippen molar-refractivity contribution in [3.8, 4) is 11.3 Å². The minimum atomic E-state index is -1.17. The summed E-state index contributed by atoms with van der Waals surface area (Å²) < 4.78 is 1.81. The van der Waals surface area contributed by atoms with Gasteiger partial charge in [0, 0.05) is 28.3 Å². The zero-order valence-corrected chi connectivity index (χ0v) is 40.4. The summed E-state index contributed by atoms with van der Waals surface area (Å²) in [5.74, 6) is -1.99. The lowest BCUT2D eigenvalue weighted by Gasteiger charge is -2.55. The number of oxime groups is 1. The van der Waals surface area contributed by atoms with Crippen LogP contribution in [0.2, 0.25) is 0 Å². The highest BCUT2D eigenvalue weighted by atomic mass is 32.2. The van der Waals surface area contributed by atoms with E-state index >= 15 is 0 Å². The molecule has 6 aromatic rings. The first kappa shape index (κ1) is 45.5. The van der Waals surface area contributed by atoms with E-state index in [1.165, 1.54) is 47.1 Å². The number of carboxylic acids is 1. The van der Waals surface area contributed by atoms with Crippen molar-refractivity contribution in [2.24, 2.45) is 10.9 Å². The van der Waals surface area contributed by atoms with Crippen molar-refractivity contribution in [3.63, 3.8) is 0 Å². The summed E-state index contributed by atoms with van der Waals surface area (Å²) in [5, 5.41) is 25.3. The Hall–Kier alpha value is -6.28. The molecule has 5 aliphatic rings. The van der Waals surface area contributed by atoms with Crippen molar-refractivity contribution in [2.45, 2.75) is 29.3 Å². The number of nitrogens with two attached hydrogens (primary N) is 1. The topological polar surface area (TPSA) is 172 Å². The summed E-state index contributed by atoms with van der Waals surface area (Å²) >= 11 is 9.66. The predicted octanol–water partition coefficient (Wildman–Crippen LogP) is 6.71. The van der Waals surface area contributed by atoms with Gasteiger partial charge in [0.15, 0.2) is 17.4 Å². The molecule has 14 nitrogen and oxygen atoms in total. The second kappa shape index (κ2) is 18.7. The molecule has 2 bridgehead atoms. The third-order valence-electron chi connectivity index (χ3n) is 13.6. The number of thioether (sulfide) groups is 1. The largest absolute Gasteiger partial charge is 0.477 e. The number of carboxylic acid groups (broad SMARTS) is 1. The number of quaternary nitrogens is 2. The van der Waals surface area contributed by atoms with Gasteiger partial charge in [0.2, 0.25) is 0 Å². The number of piperazine rings is 3. The van der Waals surface area contributed by atoms with Gasteiger partial charge in [-0.3, -0.25) is 9.59 Å². The number of carbonyl (C=O) groups excluding carboxylic acids is 2. The van der Waals surface area contributed by atoms with Gasteiger partial charge in [-0.1, -0.05) is 133 Å². The lowest BCUT2D eigenvalue weighted by Crippen LogP contribution is -2.75. The Morgan fingerprint density at radius 3 is 1.97 bits per heavy atom. The van der Waals surface area contributed by atoms with Crippen LogP contribution in [0.25, 0.3) is 16.8 Å². The molecule has 0 radical (unpaired) electrons. The first-order valence-electron chi connectivity index (χ1n) is 22.3. The minimum Gasteiger partial charge on any atom is -0.477 e. The van der Waals surface area contributed by atoms with Crippen LogP contribution < -0.4 is 16.4 Å². The normalized spacial score (nSPS) is 22.3. The Morgan fingerprint density at radius 2 is 1.43 bits per heavy atom. The zero-order chi connectivity index (χ0) is 47.0. The van der Waals surface area contributed by atoms with Gasteiger partial charge >= 0.3 is 5.97 Å². The van der Waals surface area contributed by atoms with Crippen molar-refractivity contribution in [3.05, 3.63) is 165 Å². The summed E-state index contributed by atoms with van der Waals surface area (Å²) in [6.45, 7) is 7.26. The number of primary amides is 1. The molecule has 4 saturated heterocycles. The Kier molecular flexibility index (Phi) is 12.5. The van der Waals surface area contributed by atoms with Gasteiger partial charge in [0.1, 0.15) is 80.2 Å². The van der Waals surface area contributed by atoms with Crippen LogP contribution in [0.5, 0.6) is 0 Å². The van der Waals surface area contributed by atoms with Crippen molar-refractivity contribution < 1.29 is 33.3 Å². The van der Waals surface area contributed by atoms with E-state index in [1.54, 1.807) is 10.3 Å². The van der Waals surface area contributed by atoms with Crippen LogP contribution in [0.15, 0.2) is 137 Å². The Balaban J connectivity index is 0.916. The highest BCUT2D eigenvalue weighted by Crippen LogP contribution is 2.48. The number of aromatic nitrogens is 2. The van der Waals surface area contributed by atoms with Gasteiger partial charge < -0.3 is 40.2 Å². The maximum absolute atomic E-state index is 14.6. The Morgan fingerprint density at radius 1 is 0.838 bits per heavy atom. The number of anilines is 1. The third kappa shape index (κ3) is 8.60. The molecule has 11 rings (SSSR count). The van der Waals surface area contributed by atoms with Crippen LogP contribution >= 0.6 is 46.7 Å². The molecule has 2 amide bonds. The number of hydrogen-bond donors (Lipinski definition) is 4. The molecule has 5 aliphatic heterocycles. The number of carbonyl (C=O) groups is 3. The highest BCUT2D eigenvalue weighted by molar-refractivity contribution is 8.01. The van der Waals surface area contributed by atoms with Gasteiger partial charge in [-0.05, 0) is 16.7 Å². The predicted molar refractivity (Wildman–Crippen MR) is 270 cm³/mol. The molecule has 4 fully saturated rings. The van der Waals surface area contributed by atoms with Gasteiger partial charge in [0.05, 0.1) is 21.6 Å². The minimum absolute atomic E-state index is 0.00791. The van der Waals surface area contributed by atoms with Crippen molar-refractivity contribution >= 4 is 85.8 Å². The number of thiazole rings is 2. The summed E-state index contributed by atoms with van der Waals surface area (Å²) in [6.07, 6.45) is 0.491. The molecule has 68 heavy (non-hydrogen) atoms. The van der Waals surface area contributed by atoms with Gasteiger partial charge in [-0.15, -0.1) is 34.4 Å². The molecule has 18 heteroatoms. The fourth-order valence-electron chi connectivity index (χ4n) is 10.1. The summed E-state index contributed by atoms with van der Waals surface area (Å²) in [6, 6.07) is 38.9. The third-order valence-corrected chi connectivity index (χ3v) is 16.9. The van der Waals surface area contributed by atoms with Gasteiger partial charge in [-0.2, -0.15) is 0 Å². The molecule has 7 heterocycles. The molecule has 2 atom stereocenters. The zero-order valence-electron chi connectivity index (χ0n) is 37.1. The summed E-state index contributed by atoms with van der Waals surface area (Å²) in [7, 11) is 1.37. The van der Waals surface area contributed by atoms with Crippen molar-refractivity contribution in [1.82, 2.24) is 20.2 Å². The first-order chi connectivity index (χ1) is 33.0. The van der Waals surface area contributed by atoms with E-state index in [0.717, 1.165) is 77.0 Å². The standard InChI is InChI=1S/C50H47N9O5S4/c1-64-56-43(38-31-67-49(53-38)55-50(34-11-5-2-6-12-34,35-13-7-3-8-14-35)36-15-9-4-10-16-36)45(61)54-47-42(44(48(62)63)57-40(65)27-41(57)68-47)46-52-37(30-66-46)33-19-17-32(18-20-33)28-58-21-24-59(25-22-58,26-23-58)29-39(51)60/h2-20,30-31,41,47H,21-29H2,1H3,(H3-2,51,53,54,55,60,61,62,63)/p+2/t41-,47?,58?,59?/m0/s1. The SMILES string of the molecule is CON=C(C(=O)NC1S[C@H]2CC(=S)N2C(C(=O)O)=C1c1nc(-c2ccc(C[N+]34CC[N+](CC(N)=O)(CC3)CC4)cc2)cs1)c1csc(NC(c2ccccc2)(c2ccccc2)c2ccccc2)n1. The second-order valence-electron chi connectivity index (χ2n) is 17.7. The maximum atomic E-state index is 14.6. The number of hydrogen-bond acceptors (Lipinski definition) is 12. The number of amides is 2. The number of fused-ring (bicyclic) bond motifs is 4. The monoisotopic (exact) mass is 983 g/mol. The van der Waals surface area contributed by atoms with Crippen LogP contribution in [0.4, 0.5) is 5.13 Å². The van der Waals surface area contributed by atoms with Crippen LogP contribution in [0.3, 0.4) is 0 Å². The van der Waals surface area contributed by atoms with Crippen molar-refractivity contribution in [2.75, 3.05) is 58.2 Å². The molecular formula is C50H49N9O5S4+2. The second-order valence-corrected chi connectivity index (χ2v) is 21.1. The van der Waals surface area contributed by atoms with Crippen LogP contribution in [-0.2, 0) is 31.3 Å². The van der Waals surface area contributed by atoms with Crippen molar-refractivity contribution in [1.29, 1.82) is 0 Å². The molecule has 0 saturated carbocycles. The first-order valence-corrected chi connectivity index (χ1v) is 25.4. The Bertz CT molecular complexity index is 2820. The van der Waals surface area contributed by atoms with Crippen LogP contribution in [0.1, 0.15) is 39.4 Å². The molecule has 5 N–H and O–H groups in total. The molecule has 1 unspecified atom stereocenters. The Labute approximate surface area is 411 Å². The van der Waals surface area contributed by atoms with E-state index in [-0.39, 0.29) is 28.4 Å². The van der Waals surface area contributed by atoms with Gasteiger partial charge in [-0.25, -0.2) is 14.8 Å². The smallest absolute Gasteiger partial charge is 0.353 e. The lowest BCUT2D eigenvalue weighted by atomic mass is 9.77. The number of benzene rings is 4. The van der Waals surface area contributed by atoms with Crippen LogP contribution in [0, 0.1) is 0 Å². The number of rotatable bonds is 16.